The number of aliphatic carboxylic acids is 1. The van der Waals surface area contributed by atoms with Crippen molar-refractivity contribution >= 4 is 5.97 Å². The van der Waals surface area contributed by atoms with E-state index in [0.717, 1.165) is 12.8 Å². The van der Waals surface area contributed by atoms with E-state index >= 15 is 0 Å². The summed E-state index contributed by atoms with van der Waals surface area (Å²) in [6, 6.07) is 1.75. The van der Waals surface area contributed by atoms with Crippen molar-refractivity contribution in [3.8, 4) is 0 Å². The summed E-state index contributed by atoms with van der Waals surface area (Å²) in [5.41, 5.74) is -0.409. The SMILES string of the molecule is CC1(C)CCC(Cc2ncccn2)(C(=O)O)CC1. The van der Waals surface area contributed by atoms with Crippen LogP contribution < -0.4 is 0 Å². The fourth-order valence-corrected chi connectivity index (χ4v) is 2.60. The summed E-state index contributed by atoms with van der Waals surface area (Å²) in [4.78, 5) is 20.0. The quantitative estimate of drug-likeness (QED) is 0.893. The maximum atomic E-state index is 11.6. The van der Waals surface area contributed by atoms with E-state index in [2.05, 4.69) is 23.8 Å². The zero-order valence-corrected chi connectivity index (χ0v) is 11.0. The average Bonchev–Trinajstić information content (AvgIpc) is 2.33. The van der Waals surface area contributed by atoms with Gasteiger partial charge in [-0.05, 0) is 37.2 Å². The van der Waals surface area contributed by atoms with E-state index < -0.39 is 11.4 Å². The molecule has 98 valence electrons. The third kappa shape index (κ3) is 2.68. The van der Waals surface area contributed by atoms with E-state index in [1.54, 1.807) is 18.5 Å². The molecule has 0 aromatic carbocycles. The Labute approximate surface area is 107 Å². The first-order valence-corrected chi connectivity index (χ1v) is 6.43. The van der Waals surface area contributed by atoms with E-state index in [9.17, 15) is 9.90 Å². The van der Waals surface area contributed by atoms with E-state index in [1.165, 1.54) is 0 Å². The Bertz CT molecular complexity index is 419. The molecule has 18 heavy (non-hydrogen) atoms. The first kappa shape index (κ1) is 13.0. The molecule has 4 heteroatoms. The smallest absolute Gasteiger partial charge is 0.310 e. The van der Waals surface area contributed by atoms with Crippen LogP contribution >= 0.6 is 0 Å². The first-order valence-electron chi connectivity index (χ1n) is 6.43. The van der Waals surface area contributed by atoms with Gasteiger partial charge in [0.25, 0.3) is 0 Å². The van der Waals surface area contributed by atoms with Crippen molar-refractivity contribution < 1.29 is 9.90 Å². The van der Waals surface area contributed by atoms with Crippen molar-refractivity contribution in [2.24, 2.45) is 10.8 Å². The van der Waals surface area contributed by atoms with Gasteiger partial charge in [-0.3, -0.25) is 4.79 Å². The predicted octanol–water partition coefficient (Wildman–Crippen LogP) is 2.69. The van der Waals surface area contributed by atoms with Crippen molar-refractivity contribution in [3.05, 3.63) is 24.3 Å². The molecule has 0 spiro atoms. The summed E-state index contributed by atoms with van der Waals surface area (Å²) in [7, 11) is 0. The molecule has 0 bridgehead atoms. The maximum absolute atomic E-state index is 11.6. The molecular formula is C14H20N2O2. The number of hydrogen-bond donors (Lipinski definition) is 1. The molecule has 1 aliphatic carbocycles. The summed E-state index contributed by atoms with van der Waals surface area (Å²) in [5, 5.41) is 9.56. The highest BCUT2D eigenvalue weighted by atomic mass is 16.4. The summed E-state index contributed by atoms with van der Waals surface area (Å²) < 4.78 is 0. The number of carboxylic acid groups (broad SMARTS) is 1. The van der Waals surface area contributed by atoms with Crippen LogP contribution in [0, 0.1) is 10.8 Å². The minimum atomic E-state index is -0.703. The van der Waals surface area contributed by atoms with E-state index in [-0.39, 0.29) is 5.41 Å². The number of carboxylic acids is 1. The van der Waals surface area contributed by atoms with Crippen LogP contribution in [-0.2, 0) is 11.2 Å². The molecule has 2 rings (SSSR count). The Kier molecular flexibility index (Phi) is 3.37. The Morgan fingerprint density at radius 3 is 2.28 bits per heavy atom. The van der Waals surface area contributed by atoms with E-state index in [4.69, 9.17) is 0 Å². The average molecular weight is 248 g/mol. The molecule has 0 aliphatic heterocycles. The maximum Gasteiger partial charge on any atom is 0.310 e. The van der Waals surface area contributed by atoms with Crippen LogP contribution in [0.2, 0.25) is 0 Å². The zero-order valence-electron chi connectivity index (χ0n) is 11.0. The highest BCUT2D eigenvalue weighted by Gasteiger charge is 2.44. The van der Waals surface area contributed by atoms with Gasteiger partial charge < -0.3 is 5.11 Å². The Morgan fingerprint density at radius 2 is 1.78 bits per heavy atom. The lowest BCUT2D eigenvalue weighted by Gasteiger charge is -2.40. The van der Waals surface area contributed by atoms with Crippen molar-refractivity contribution in [1.29, 1.82) is 0 Å². The lowest BCUT2D eigenvalue weighted by Crippen LogP contribution is -2.39. The van der Waals surface area contributed by atoms with Gasteiger partial charge in [0.1, 0.15) is 5.82 Å². The predicted molar refractivity (Wildman–Crippen MR) is 68.1 cm³/mol. The first-order chi connectivity index (χ1) is 8.44. The molecule has 1 N–H and O–H groups in total. The van der Waals surface area contributed by atoms with E-state index in [0.29, 0.717) is 25.1 Å². The van der Waals surface area contributed by atoms with Gasteiger partial charge in [0.15, 0.2) is 0 Å². The summed E-state index contributed by atoms with van der Waals surface area (Å²) in [6.07, 6.45) is 7.12. The van der Waals surface area contributed by atoms with Gasteiger partial charge in [0.05, 0.1) is 5.41 Å². The van der Waals surface area contributed by atoms with Crippen molar-refractivity contribution in [3.63, 3.8) is 0 Å². The Hall–Kier alpha value is -1.45. The molecule has 0 atom stereocenters. The molecule has 0 radical (unpaired) electrons. The van der Waals surface area contributed by atoms with E-state index in [1.807, 2.05) is 0 Å². The van der Waals surface area contributed by atoms with Gasteiger partial charge in [-0.15, -0.1) is 0 Å². The standard InChI is InChI=1S/C14H20N2O2/c1-13(2)4-6-14(7-5-13,12(17)18)10-11-15-8-3-9-16-11/h3,8-9H,4-7,10H2,1-2H3,(H,17,18). The summed E-state index contributed by atoms with van der Waals surface area (Å²) in [6.45, 7) is 4.41. The van der Waals surface area contributed by atoms with Gasteiger partial charge in [-0.2, -0.15) is 0 Å². The second kappa shape index (κ2) is 4.67. The number of carbonyl (C=O) groups is 1. The van der Waals surface area contributed by atoms with Gasteiger partial charge in [0.2, 0.25) is 0 Å². The van der Waals surface area contributed by atoms with Crippen LogP contribution in [0.15, 0.2) is 18.5 Å². The number of aromatic nitrogens is 2. The molecule has 0 amide bonds. The molecule has 0 unspecified atom stereocenters. The molecule has 1 heterocycles. The van der Waals surface area contributed by atoms with Crippen molar-refractivity contribution in [2.45, 2.75) is 46.0 Å². The van der Waals surface area contributed by atoms with Gasteiger partial charge in [-0.1, -0.05) is 13.8 Å². The third-order valence-corrected chi connectivity index (χ3v) is 4.13. The highest BCUT2D eigenvalue weighted by molar-refractivity contribution is 5.75. The second-order valence-electron chi connectivity index (χ2n) is 6.09. The lowest BCUT2D eigenvalue weighted by molar-refractivity contribution is -0.152. The molecule has 0 saturated heterocycles. The van der Waals surface area contributed by atoms with Crippen molar-refractivity contribution in [2.75, 3.05) is 0 Å². The zero-order chi connectivity index (χ0) is 13.2. The lowest BCUT2D eigenvalue weighted by atomic mass is 9.63. The molecule has 1 aromatic rings. The van der Waals surface area contributed by atoms with Crippen LogP contribution in [0.3, 0.4) is 0 Å². The summed E-state index contributed by atoms with van der Waals surface area (Å²) in [5.74, 6) is -0.0648. The minimum absolute atomic E-state index is 0.260. The molecule has 1 aliphatic rings. The number of nitrogens with zero attached hydrogens (tertiary/aromatic N) is 2. The minimum Gasteiger partial charge on any atom is -0.481 e. The highest BCUT2D eigenvalue weighted by Crippen LogP contribution is 2.46. The van der Waals surface area contributed by atoms with Gasteiger partial charge in [0, 0.05) is 18.8 Å². The fourth-order valence-electron chi connectivity index (χ4n) is 2.60. The van der Waals surface area contributed by atoms with Gasteiger partial charge >= 0.3 is 5.97 Å². The number of rotatable bonds is 3. The van der Waals surface area contributed by atoms with Crippen LogP contribution in [0.25, 0.3) is 0 Å². The summed E-state index contributed by atoms with van der Waals surface area (Å²) >= 11 is 0. The number of hydrogen-bond acceptors (Lipinski definition) is 3. The van der Waals surface area contributed by atoms with Crippen molar-refractivity contribution in [1.82, 2.24) is 9.97 Å². The second-order valence-corrected chi connectivity index (χ2v) is 6.09. The fraction of sp³-hybridized carbons (Fsp3) is 0.643. The third-order valence-electron chi connectivity index (χ3n) is 4.13. The largest absolute Gasteiger partial charge is 0.481 e. The normalized spacial score (nSPS) is 21.4. The molecule has 1 aromatic heterocycles. The van der Waals surface area contributed by atoms with Gasteiger partial charge in [-0.25, -0.2) is 9.97 Å². The molecule has 1 fully saturated rings. The monoisotopic (exact) mass is 248 g/mol. The van der Waals surface area contributed by atoms with Crippen LogP contribution in [0.4, 0.5) is 0 Å². The Balaban J connectivity index is 2.17. The molecular weight excluding hydrogens is 228 g/mol. The molecule has 1 saturated carbocycles. The molecule has 4 nitrogen and oxygen atoms in total. The van der Waals surface area contributed by atoms with Crippen LogP contribution in [0.1, 0.15) is 45.4 Å². The van der Waals surface area contributed by atoms with Crippen LogP contribution in [0.5, 0.6) is 0 Å². The Morgan fingerprint density at radius 1 is 1.22 bits per heavy atom. The van der Waals surface area contributed by atoms with Crippen LogP contribution in [-0.4, -0.2) is 21.0 Å². The topological polar surface area (TPSA) is 63.1 Å².